The van der Waals surface area contributed by atoms with Crippen LogP contribution in [-0.2, 0) is 0 Å². The molecular formula is C10H7NO3. The summed E-state index contributed by atoms with van der Waals surface area (Å²) in [6.07, 6.45) is 2.82. The van der Waals surface area contributed by atoms with Crippen molar-refractivity contribution in [1.29, 1.82) is 0 Å². The monoisotopic (exact) mass is 189 g/mol. The Morgan fingerprint density at radius 3 is 2.79 bits per heavy atom. The number of aromatic hydroxyl groups is 1. The van der Waals surface area contributed by atoms with Crippen LogP contribution in [-0.4, -0.2) is 21.2 Å². The van der Waals surface area contributed by atoms with Gasteiger partial charge in [-0.1, -0.05) is 0 Å². The normalized spacial score (nSPS) is 10.3. The maximum atomic E-state index is 10.8. The van der Waals surface area contributed by atoms with E-state index >= 15 is 0 Å². The number of benzene rings is 1. The predicted molar refractivity (Wildman–Crippen MR) is 50.4 cm³/mol. The molecule has 0 radical (unpaired) electrons. The molecule has 2 aromatic rings. The number of pyridine rings is 1. The minimum atomic E-state index is -1.05. The second-order valence-corrected chi connectivity index (χ2v) is 2.90. The van der Waals surface area contributed by atoms with E-state index in [0.717, 1.165) is 0 Å². The third-order valence-electron chi connectivity index (χ3n) is 1.97. The Hall–Kier alpha value is -2.10. The van der Waals surface area contributed by atoms with Gasteiger partial charge in [0.25, 0.3) is 0 Å². The summed E-state index contributed by atoms with van der Waals surface area (Å²) in [7, 11) is 0. The van der Waals surface area contributed by atoms with Gasteiger partial charge in [0.15, 0.2) is 0 Å². The summed E-state index contributed by atoms with van der Waals surface area (Å²) >= 11 is 0. The van der Waals surface area contributed by atoms with Gasteiger partial charge in [0.2, 0.25) is 0 Å². The first kappa shape index (κ1) is 8.50. The van der Waals surface area contributed by atoms with Gasteiger partial charge in [-0.05, 0) is 18.2 Å². The van der Waals surface area contributed by atoms with Gasteiger partial charge in [-0.3, -0.25) is 4.98 Å². The number of hydrogen-bond donors (Lipinski definition) is 2. The summed E-state index contributed by atoms with van der Waals surface area (Å²) in [4.78, 5) is 14.6. The topological polar surface area (TPSA) is 70.4 Å². The van der Waals surface area contributed by atoms with Crippen LogP contribution in [0.4, 0.5) is 0 Å². The number of carbonyl (C=O) groups is 1. The maximum absolute atomic E-state index is 10.8. The van der Waals surface area contributed by atoms with Crippen molar-refractivity contribution < 1.29 is 15.0 Å². The number of carboxylic acid groups (broad SMARTS) is 1. The third kappa shape index (κ3) is 1.26. The van der Waals surface area contributed by atoms with E-state index in [1.54, 1.807) is 12.3 Å². The van der Waals surface area contributed by atoms with E-state index in [9.17, 15) is 9.90 Å². The van der Waals surface area contributed by atoms with E-state index in [1.165, 1.54) is 18.3 Å². The minimum Gasteiger partial charge on any atom is -0.508 e. The van der Waals surface area contributed by atoms with Gasteiger partial charge in [-0.25, -0.2) is 4.79 Å². The van der Waals surface area contributed by atoms with Crippen molar-refractivity contribution in [2.45, 2.75) is 0 Å². The van der Waals surface area contributed by atoms with Crippen molar-refractivity contribution >= 4 is 16.7 Å². The maximum Gasteiger partial charge on any atom is 0.337 e. The Labute approximate surface area is 79.4 Å². The van der Waals surface area contributed by atoms with Crippen molar-refractivity contribution in [2.75, 3.05) is 0 Å². The number of phenols is 1. The van der Waals surface area contributed by atoms with E-state index in [4.69, 9.17) is 5.11 Å². The molecule has 0 aliphatic heterocycles. The Balaban J connectivity index is 2.84. The van der Waals surface area contributed by atoms with Crippen LogP contribution in [0.5, 0.6) is 5.75 Å². The summed E-state index contributed by atoms with van der Waals surface area (Å²) in [5, 5.41) is 19.3. The number of fused-ring (bicyclic) bond motifs is 1. The number of phenolic OH excluding ortho intramolecular Hbond substituents is 1. The molecule has 0 saturated heterocycles. The third-order valence-corrected chi connectivity index (χ3v) is 1.97. The molecule has 0 spiro atoms. The fourth-order valence-electron chi connectivity index (χ4n) is 1.32. The standard InChI is InChI=1S/C10H7NO3/c12-7-2-1-6-4-11-5-9(10(13)14)8(6)3-7/h1-5,12H,(H,13,14). The first-order valence-electron chi connectivity index (χ1n) is 3.98. The minimum absolute atomic E-state index is 0.0474. The van der Waals surface area contributed by atoms with E-state index < -0.39 is 5.97 Å². The van der Waals surface area contributed by atoms with Crippen LogP contribution in [0.1, 0.15) is 10.4 Å². The molecule has 0 aliphatic carbocycles. The number of hydrogen-bond acceptors (Lipinski definition) is 3. The lowest BCUT2D eigenvalue weighted by Crippen LogP contribution is -1.98. The van der Waals surface area contributed by atoms with Gasteiger partial charge in [0.05, 0.1) is 5.56 Å². The van der Waals surface area contributed by atoms with Gasteiger partial charge in [-0.2, -0.15) is 0 Å². The van der Waals surface area contributed by atoms with Crippen LogP contribution in [0.3, 0.4) is 0 Å². The Bertz CT molecular complexity index is 508. The molecule has 1 aromatic heterocycles. The molecule has 0 fully saturated rings. The molecular weight excluding hydrogens is 182 g/mol. The first-order chi connectivity index (χ1) is 6.68. The zero-order valence-corrected chi connectivity index (χ0v) is 7.14. The van der Waals surface area contributed by atoms with Crippen molar-refractivity contribution in [1.82, 2.24) is 4.98 Å². The van der Waals surface area contributed by atoms with Crippen LogP contribution in [0.2, 0.25) is 0 Å². The molecule has 1 aromatic carbocycles. The zero-order chi connectivity index (χ0) is 10.1. The fourth-order valence-corrected chi connectivity index (χ4v) is 1.32. The van der Waals surface area contributed by atoms with Gasteiger partial charge in [0.1, 0.15) is 5.75 Å². The molecule has 14 heavy (non-hydrogen) atoms. The van der Waals surface area contributed by atoms with E-state index in [2.05, 4.69) is 4.98 Å². The quantitative estimate of drug-likeness (QED) is 0.715. The van der Waals surface area contributed by atoms with E-state index in [1.807, 2.05) is 0 Å². The molecule has 4 nitrogen and oxygen atoms in total. The van der Waals surface area contributed by atoms with Crippen molar-refractivity contribution in [3.05, 3.63) is 36.2 Å². The Morgan fingerprint density at radius 1 is 1.29 bits per heavy atom. The van der Waals surface area contributed by atoms with Crippen molar-refractivity contribution in [2.24, 2.45) is 0 Å². The molecule has 0 aliphatic rings. The van der Waals surface area contributed by atoms with E-state index in [-0.39, 0.29) is 11.3 Å². The Kier molecular flexibility index (Phi) is 1.81. The number of nitrogens with zero attached hydrogens (tertiary/aromatic N) is 1. The molecule has 1 heterocycles. The summed E-state index contributed by atoms with van der Waals surface area (Å²) in [6, 6.07) is 4.54. The summed E-state index contributed by atoms with van der Waals surface area (Å²) in [5.74, 6) is -1.00. The molecule has 0 atom stereocenters. The van der Waals surface area contributed by atoms with Crippen LogP contribution in [0.25, 0.3) is 10.8 Å². The highest BCUT2D eigenvalue weighted by atomic mass is 16.4. The molecule has 0 amide bonds. The van der Waals surface area contributed by atoms with Gasteiger partial charge in [-0.15, -0.1) is 0 Å². The molecule has 0 bridgehead atoms. The number of aromatic nitrogens is 1. The fraction of sp³-hybridized carbons (Fsp3) is 0. The molecule has 4 heteroatoms. The lowest BCUT2D eigenvalue weighted by atomic mass is 10.1. The van der Waals surface area contributed by atoms with Crippen LogP contribution < -0.4 is 0 Å². The molecule has 2 rings (SSSR count). The average Bonchev–Trinajstić information content (AvgIpc) is 2.16. The second-order valence-electron chi connectivity index (χ2n) is 2.90. The molecule has 70 valence electrons. The lowest BCUT2D eigenvalue weighted by molar-refractivity contribution is 0.0698. The lowest BCUT2D eigenvalue weighted by Gasteiger charge is -2.01. The SMILES string of the molecule is O=C(O)c1cncc2ccc(O)cc12. The van der Waals surface area contributed by atoms with E-state index in [0.29, 0.717) is 10.8 Å². The van der Waals surface area contributed by atoms with Crippen LogP contribution in [0.15, 0.2) is 30.6 Å². The van der Waals surface area contributed by atoms with Gasteiger partial charge in [0, 0.05) is 23.2 Å². The first-order valence-corrected chi connectivity index (χ1v) is 3.98. The predicted octanol–water partition coefficient (Wildman–Crippen LogP) is 1.64. The zero-order valence-electron chi connectivity index (χ0n) is 7.14. The summed E-state index contributed by atoms with van der Waals surface area (Å²) in [5.41, 5.74) is 0.0957. The molecule has 2 N–H and O–H groups in total. The average molecular weight is 189 g/mol. The number of carboxylic acids is 1. The van der Waals surface area contributed by atoms with Crippen LogP contribution >= 0.6 is 0 Å². The van der Waals surface area contributed by atoms with Crippen molar-refractivity contribution in [3.63, 3.8) is 0 Å². The summed E-state index contributed by atoms with van der Waals surface area (Å²) < 4.78 is 0. The highest BCUT2D eigenvalue weighted by Gasteiger charge is 2.08. The highest BCUT2D eigenvalue weighted by Crippen LogP contribution is 2.22. The number of aromatic carboxylic acids is 1. The van der Waals surface area contributed by atoms with Crippen LogP contribution in [0, 0.1) is 0 Å². The van der Waals surface area contributed by atoms with Gasteiger partial charge < -0.3 is 10.2 Å². The molecule has 0 unspecified atom stereocenters. The summed E-state index contributed by atoms with van der Waals surface area (Å²) in [6.45, 7) is 0. The second kappa shape index (κ2) is 2.99. The van der Waals surface area contributed by atoms with Crippen molar-refractivity contribution in [3.8, 4) is 5.75 Å². The smallest absolute Gasteiger partial charge is 0.337 e. The van der Waals surface area contributed by atoms with Gasteiger partial charge >= 0.3 is 5.97 Å². The highest BCUT2D eigenvalue weighted by molar-refractivity contribution is 6.03. The largest absolute Gasteiger partial charge is 0.508 e. The Morgan fingerprint density at radius 2 is 2.07 bits per heavy atom. The molecule has 0 saturated carbocycles. The number of rotatable bonds is 1.